The topological polar surface area (TPSA) is 119 Å². The molecule has 0 saturated heterocycles. The van der Waals surface area contributed by atoms with Gasteiger partial charge in [-0.1, -0.05) is 24.3 Å². The number of thiophene rings is 1. The molecule has 0 aliphatic heterocycles. The number of amides is 2. The molecule has 0 atom stereocenters. The second kappa shape index (κ2) is 9.54. The van der Waals surface area contributed by atoms with E-state index in [1.807, 2.05) is 13.0 Å². The number of ether oxygens (including phenoxy) is 1. The summed E-state index contributed by atoms with van der Waals surface area (Å²) in [6.45, 7) is 1.15. The summed E-state index contributed by atoms with van der Waals surface area (Å²) in [5.74, 6) is -2.28. The minimum atomic E-state index is -3.94. The second-order valence-corrected chi connectivity index (χ2v) is 9.06. The largest absolute Gasteiger partial charge is 0.452 e. The van der Waals surface area contributed by atoms with Gasteiger partial charge in [0.15, 0.2) is 6.61 Å². The highest BCUT2D eigenvalue weighted by atomic mass is 32.2. The molecule has 0 bridgehead atoms. The molecular weight excluding hydrogens is 440 g/mol. The first-order chi connectivity index (χ1) is 14.7. The summed E-state index contributed by atoms with van der Waals surface area (Å²) in [6.07, 6.45) is 0. The lowest BCUT2D eigenvalue weighted by atomic mass is 10.2. The predicted molar refractivity (Wildman–Crippen MR) is 116 cm³/mol. The highest BCUT2D eigenvalue weighted by molar-refractivity contribution is 7.92. The minimum absolute atomic E-state index is 0.0514. The van der Waals surface area contributed by atoms with Crippen LogP contribution in [0.25, 0.3) is 0 Å². The molecule has 8 nitrogen and oxygen atoms in total. The van der Waals surface area contributed by atoms with Crippen molar-refractivity contribution < 1.29 is 27.5 Å². The van der Waals surface area contributed by atoms with Crippen LogP contribution in [-0.4, -0.2) is 32.8 Å². The Bertz CT molecular complexity index is 1220. The van der Waals surface area contributed by atoms with Crippen LogP contribution in [0.4, 0.5) is 5.69 Å². The molecule has 0 aliphatic carbocycles. The lowest BCUT2D eigenvalue weighted by molar-refractivity contribution is -0.123. The van der Waals surface area contributed by atoms with E-state index in [9.17, 15) is 22.8 Å². The number of sulfonamides is 1. The molecule has 0 aliphatic rings. The van der Waals surface area contributed by atoms with Gasteiger partial charge in [-0.05, 0) is 54.3 Å². The zero-order valence-electron chi connectivity index (χ0n) is 16.3. The van der Waals surface area contributed by atoms with Crippen molar-refractivity contribution in [1.82, 2.24) is 5.32 Å². The molecule has 0 spiro atoms. The second-order valence-electron chi connectivity index (χ2n) is 6.43. The number of aryl methyl sites for hydroxylation is 1. The number of esters is 1. The molecule has 3 aromatic rings. The van der Waals surface area contributed by atoms with Gasteiger partial charge < -0.3 is 4.74 Å². The molecule has 10 heteroatoms. The molecule has 0 fully saturated rings. The van der Waals surface area contributed by atoms with Gasteiger partial charge in [0.25, 0.3) is 21.8 Å². The number of anilines is 1. The predicted octanol–water partition coefficient (Wildman–Crippen LogP) is 2.97. The molecule has 0 saturated carbocycles. The van der Waals surface area contributed by atoms with Gasteiger partial charge >= 0.3 is 5.97 Å². The number of rotatable bonds is 7. The van der Waals surface area contributed by atoms with E-state index in [-0.39, 0.29) is 10.5 Å². The number of imide groups is 1. The Labute approximate surface area is 182 Å². The van der Waals surface area contributed by atoms with Gasteiger partial charge in [-0.25, -0.2) is 13.2 Å². The van der Waals surface area contributed by atoms with E-state index in [0.717, 1.165) is 23.0 Å². The highest BCUT2D eigenvalue weighted by Gasteiger charge is 2.18. The Hall–Kier alpha value is -3.50. The maximum atomic E-state index is 12.6. The van der Waals surface area contributed by atoms with Gasteiger partial charge in [-0.2, -0.15) is 0 Å². The van der Waals surface area contributed by atoms with Gasteiger partial charge in [0, 0.05) is 5.69 Å². The van der Waals surface area contributed by atoms with Crippen molar-refractivity contribution in [3.05, 3.63) is 82.0 Å². The molecular formula is C21H18N2O6S2. The Balaban J connectivity index is 1.63. The zero-order valence-corrected chi connectivity index (χ0v) is 18.0. The Morgan fingerprint density at radius 2 is 1.77 bits per heavy atom. The molecule has 31 heavy (non-hydrogen) atoms. The fourth-order valence-corrected chi connectivity index (χ4v) is 4.27. The normalized spacial score (nSPS) is 10.9. The van der Waals surface area contributed by atoms with E-state index < -0.39 is 34.4 Å². The van der Waals surface area contributed by atoms with Crippen LogP contribution in [0.3, 0.4) is 0 Å². The van der Waals surface area contributed by atoms with Crippen molar-refractivity contribution in [3.63, 3.8) is 0 Å². The van der Waals surface area contributed by atoms with Gasteiger partial charge in [-0.3, -0.25) is 19.6 Å². The smallest absolute Gasteiger partial charge is 0.338 e. The molecule has 0 radical (unpaired) electrons. The van der Waals surface area contributed by atoms with Crippen LogP contribution in [0.15, 0.2) is 70.9 Å². The van der Waals surface area contributed by atoms with Crippen LogP contribution in [0.5, 0.6) is 0 Å². The standard InChI is InChI=1S/C21H18N2O6S2/c1-14-5-2-7-16(11-14)23-31(27,28)17-8-3-6-15(12-17)21(26)29-13-19(24)22-20(25)18-9-4-10-30-18/h2-12,23H,13H2,1H3,(H,22,24,25). The first-order valence-corrected chi connectivity index (χ1v) is 11.4. The van der Waals surface area contributed by atoms with Gasteiger partial charge in [-0.15, -0.1) is 11.3 Å². The number of hydrogen-bond acceptors (Lipinski definition) is 7. The van der Waals surface area contributed by atoms with Crippen LogP contribution in [0.2, 0.25) is 0 Å². The van der Waals surface area contributed by atoms with Gasteiger partial charge in [0.05, 0.1) is 15.3 Å². The van der Waals surface area contributed by atoms with Crippen molar-refractivity contribution in [2.45, 2.75) is 11.8 Å². The average Bonchev–Trinajstić information content (AvgIpc) is 3.27. The summed E-state index contributed by atoms with van der Waals surface area (Å²) in [6, 6.07) is 15.3. The summed E-state index contributed by atoms with van der Waals surface area (Å²) < 4.78 is 32.6. The lowest BCUT2D eigenvalue weighted by Gasteiger charge is -2.10. The molecule has 3 rings (SSSR count). The van der Waals surface area contributed by atoms with E-state index in [0.29, 0.717) is 10.6 Å². The summed E-state index contributed by atoms with van der Waals surface area (Å²) >= 11 is 1.16. The quantitative estimate of drug-likeness (QED) is 0.526. The Kier molecular flexibility index (Phi) is 6.83. The van der Waals surface area contributed by atoms with E-state index >= 15 is 0 Å². The van der Waals surface area contributed by atoms with Crippen molar-refractivity contribution in [2.75, 3.05) is 11.3 Å². The van der Waals surface area contributed by atoms with Gasteiger partial charge in [0.1, 0.15) is 0 Å². The Morgan fingerprint density at radius 3 is 2.48 bits per heavy atom. The van der Waals surface area contributed by atoms with Crippen LogP contribution < -0.4 is 10.0 Å². The maximum absolute atomic E-state index is 12.6. The van der Waals surface area contributed by atoms with Crippen molar-refractivity contribution >= 4 is 44.8 Å². The number of carbonyl (C=O) groups excluding carboxylic acids is 3. The molecule has 0 unspecified atom stereocenters. The summed E-state index contributed by atoms with van der Waals surface area (Å²) in [7, 11) is -3.94. The van der Waals surface area contributed by atoms with E-state index in [4.69, 9.17) is 4.74 Å². The third kappa shape index (κ3) is 6.00. The maximum Gasteiger partial charge on any atom is 0.338 e. The van der Waals surface area contributed by atoms with E-state index in [2.05, 4.69) is 10.0 Å². The Morgan fingerprint density at radius 1 is 1.00 bits per heavy atom. The number of nitrogens with one attached hydrogen (secondary N) is 2. The SMILES string of the molecule is Cc1cccc(NS(=O)(=O)c2cccc(C(=O)OCC(=O)NC(=O)c3cccs3)c2)c1. The lowest BCUT2D eigenvalue weighted by Crippen LogP contribution is -2.33. The van der Waals surface area contributed by atoms with Crippen LogP contribution in [-0.2, 0) is 19.6 Å². The van der Waals surface area contributed by atoms with Crippen LogP contribution >= 0.6 is 11.3 Å². The minimum Gasteiger partial charge on any atom is -0.452 e. The van der Waals surface area contributed by atoms with Crippen LogP contribution in [0.1, 0.15) is 25.6 Å². The number of hydrogen-bond donors (Lipinski definition) is 2. The highest BCUT2D eigenvalue weighted by Crippen LogP contribution is 2.18. The first-order valence-electron chi connectivity index (χ1n) is 8.99. The molecule has 2 aromatic carbocycles. The zero-order chi connectivity index (χ0) is 22.4. The molecule has 2 N–H and O–H groups in total. The number of carbonyl (C=O) groups is 3. The first kappa shape index (κ1) is 22.2. The summed E-state index contributed by atoms with van der Waals surface area (Å²) in [4.78, 5) is 36.1. The third-order valence-electron chi connectivity index (χ3n) is 3.98. The molecule has 160 valence electrons. The van der Waals surface area contributed by atoms with Crippen molar-refractivity contribution in [3.8, 4) is 0 Å². The molecule has 1 aromatic heterocycles. The summed E-state index contributed by atoms with van der Waals surface area (Å²) in [5, 5.41) is 3.79. The van der Waals surface area contributed by atoms with Crippen molar-refractivity contribution in [1.29, 1.82) is 0 Å². The molecule has 1 heterocycles. The van der Waals surface area contributed by atoms with Gasteiger partial charge in [0.2, 0.25) is 0 Å². The fourth-order valence-electron chi connectivity index (χ4n) is 2.56. The monoisotopic (exact) mass is 458 g/mol. The average molecular weight is 459 g/mol. The van der Waals surface area contributed by atoms with Crippen LogP contribution in [0, 0.1) is 6.92 Å². The van der Waals surface area contributed by atoms with E-state index in [1.54, 1.807) is 35.7 Å². The fraction of sp³-hybridized carbons (Fsp3) is 0.0952. The third-order valence-corrected chi connectivity index (χ3v) is 6.23. The summed E-state index contributed by atoms with van der Waals surface area (Å²) in [5.41, 5.74) is 1.22. The number of benzene rings is 2. The molecule has 2 amide bonds. The van der Waals surface area contributed by atoms with Crippen molar-refractivity contribution in [2.24, 2.45) is 0 Å². The van der Waals surface area contributed by atoms with E-state index in [1.165, 1.54) is 18.2 Å².